The molecular weight excluding hydrogens is 316 g/mol. The van der Waals surface area contributed by atoms with E-state index in [1.54, 1.807) is 13.1 Å². The van der Waals surface area contributed by atoms with E-state index in [2.05, 4.69) is 4.74 Å². The Bertz CT molecular complexity index is 674. The molecule has 24 heavy (non-hydrogen) atoms. The van der Waals surface area contributed by atoms with Crippen LogP contribution in [0.15, 0.2) is 48.5 Å². The van der Waals surface area contributed by atoms with E-state index >= 15 is 0 Å². The molecule has 0 N–H and O–H groups in total. The summed E-state index contributed by atoms with van der Waals surface area (Å²) >= 11 is 0. The molecule has 4 nitrogen and oxygen atoms in total. The van der Waals surface area contributed by atoms with E-state index in [4.69, 9.17) is 4.74 Å². The van der Waals surface area contributed by atoms with Gasteiger partial charge in [-0.05, 0) is 31.2 Å². The third-order valence-electron chi connectivity index (χ3n) is 3.40. The van der Waals surface area contributed by atoms with E-state index in [1.807, 2.05) is 31.2 Å². The molecule has 2 aromatic rings. The zero-order chi connectivity index (χ0) is 17.5. The minimum absolute atomic E-state index is 0.0932. The lowest BCUT2D eigenvalue weighted by Gasteiger charge is -2.19. The summed E-state index contributed by atoms with van der Waals surface area (Å²) in [6.07, 6.45) is 0. The maximum Gasteiger partial charge on any atom is 0.387 e. The Hall–Kier alpha value is -2.63. The van der Waals surface area contributed by atoms with Crippen molar-refractivity contribution in [3.8, 4) is 11.5 Å². The second kappa shape index (κ2) is 8.29. The van der Waals surface area contributed by atoms with Crippen LogP contribution >= 0.6 is 0 Å². The van der Waals surface area contributed by atoms with Crippen LogP contribution < -0.4 is 9.47 Å². The molecule has 1 amide bonds. The SMILES string of the molecule is Cc1ccc(OCCN(C)C(=O)c2ccccc2OC(F)F)cc1. The van der Waals surface area contributed by atoms with Gasteiger partial charge < -0.3 is 14.4 Å². The van der Waals surface area contributed by atoms with Crippen molar-refractivity contribution in [2.24, 2.45) is 0 Å². The molecule has 0 saturated heterocycles. The van der Waals surface area contributed by atoms with Crippen molar-refractivity contribution in [1.29, 1.82) is 0 Å². The number of hydrogen-bond acceptors (Lipinski definition) is 3. The Morgan fingerprint density at radius 3 is 2.46 bits per heavy atom. The van der Waals surface area contributed by atoms with E-state index in [-0.39, 0.29) is 11.3 Å². The molecule has 0 fully saturated rings. The van der Waals surface area contributed by atoms with E-state index in [0.717, 1.165) is 5.56 Å². The van der Waals surface area contributed by atoms with Crippen LogP contribution in [0.3, 0.4) is 0 Å². The minimum Gasteiger partial charge on any atom is -0.492 e. The van der Waals surface area contributed by atoms with Crippen LogP contribution in [0.4, 0.5) is 8.78 Å². The van der Waals surface area contributed by atoms with Crippen molar-refractivity contribution < 1.29 is 23.0 Å². The highest BCUT2D eigenvalue weighted by atomic mass is 19.3. The van der Waals surface area contributed by atoms with Gasteiger partial charge in [0.15, 0.2) is 0 Å². The number of rotatable bonds is 7. The fraction of sp³-hybridized carbons (Fsp3) is 0.278. The molecule has 0 saturated carbocycles. The summed E-state index contributed by atoms with van der Waals surface area (Å²) in [7, 11) is 1.58. The Labute approximate surface area is 139 Å². The van der Waals surface area contributed by atoms with Crippen molar-refractivity contribution in [3.63, 3.8) is 0 Å². The third kappa shape index (κ3) is 4.94. The zero-order valence-electron chi connectivity index (χ0n) is 13.5. The Balaban J connectivity index is 1.93. The van der Waals surface area contributed by atoms with Crippen LogP contribution in [0.2, 0.25) is 0 Å². The Morgan fingerprint density at radius 2 is 1.79 bits per heavy atom. The van der Waals surface area contributed by atoms with Crippen LogP contribution in [0.25, 0.3) is 0 Å². The molecule has 0 radical (unpaired) electrons. The van der Waals surface area contributed by atoms with Gasteiger partial charge in [0.2, 0.25) is 0 Å². The first-order chi connectivity index (χ1) is 11.5. The lowest BCUT2D eigenvalue weighted by atomic mass is 10.2. The number of likely N-dealkylation sites (N-methyl/N-ethyl adjacent to an activating group) is 1. The van der Waals surface area contributed by atoms with Crippen molar-refractivity contribution in [3.05, 3.63) is 59.7 Å². The molecule has 0 bridgehead atoms. The average Bonchev–Trinajstić information content (AvgIpc) is 2.56. The largest absolute Gasteiger partial charge is 0.492 e. The van der Waals surface area contributed by atoms with Gasteiger partial charge in [-0.15, -0.1) is 0 Å². The second-order valence-corrected chi connectivity index (χ2v) is 5.26. The van der Waals surface area contributed by atoms with Crippen LogP contribution in [0.5, 0.6) is 11.5 Å². The standard InChI is InChI=1S/C18H19F2NO3/c1-13-7-9-14(10-8-13)23-12-11-21(2)17(22)15-5-3-4-6-16(15)24-18(19)20/h3-10,18H,11-12H2,1-2H3. The van der Waals surface area contributed by atoms with Gasteiger partial charge in [0.1, 0.15) is 18.1 Å². The first kappa shape index (κ1) is 17.7. The summed E-state index contributed by atoms with van der Waals surface area (Å²) in [6, 6.07) is 13.5. The Kier molecular flexibility index (Phi) is 6.12. The van der Waals surface area contributed by atoms with Crippen molar-refractivity contribution >= 4 is 5.91 Å². The molecule has 2 aromatic carbocycles. The van der Waals surface area contributed by atoms with Crippen LogP contribution in [-0.2, 0) is 0 Å². The lowest BCUT2D eigenvalue weighted by Crippen LogP contribution is -2.31. The quantitative estimate of drug-likeness (QED) is 0.773. The molecule has 128 valence electrons. The fourth-order valence-electron chi connectivity index (χ4n) is 2.08. The molecular formula is C18H19F2NO3. The van der Waals surface area contributed by atoms with Gasteiger partial charge in [-0.2, -0.15) is 8.78 Å². The normalized spacial score (nSPS) is 10.5. The molecule has 0 aliphatic heterocycles. The van der Waals surface area contributed by atoms with E-state index < -0.39 is 12.5 Å². The summed E-state index contributed by atoms with van der Waals surface area (Å²) in [5, 5.41) is 0. The number of carbonyl (C=O) groups is 1. The number of hydrogen-bond donors (Lipinski definition) is 0. The Morgan fingerprint density at radius 1 is 1.12 bits per heavy atom. The van der Waals surface area contributed by atoms with E-state index in [0.29, 0.717) is 18.9 Å². The third-order valence-corrected chi connectivity index (χ3v) is 3.40. The number of benzene rings is 2. The first-order valence-corrected chi connectivity index (χ1v) is 7.46. The maximum atomic E-state index is 12.4. The smallest absolute Gasteiger partial charge is 0.387 e. The highest BCUT2D eigenvalue weighted by Crippen LogP contribution is 2.21. The van der Waals surface area contributed by atoms with Gasteiger partial charge in [0, 0.05) is 7.05 Å². The highest BCUT2D eigenvalue weighted by molar-refractivity contribution is 5.96. The molecule has 6 heteroatoms. The number of amides is 1. The van der Waals surface area contributed by atoms with E-state index in [9.17, 15) is 13.6 Å². The number of alkyl halides is 2. The molecule has 0 atom stereocenters. The number of ether oxygens (including phenoxy) is 2. The fourth-order valence-corrected chi connectivity index (χ4v) is 2.08. The molecule has 2 rings (SSSR count). The van der Waals surface area contributed by atoms with Gasteiger partial charge in [-0.3, -0.25) is 4.79 Å². The molecule has 0 spiro atoms. The van der Waals surface area contributed by atoms with Crippen LogP contribution in [0.1, 0.15) is 15.9 Å². The first-order valence-electron chi connectivity index (χ1n) is 7.46. The van der Waals surface area contributed by atoms with Crippen LogP contribution in [-0.4, -0.2) is 37.6 Å². The average molecular weight is 335 g/mol. The summed E-state index contributed by atoms with van der Waals surface area (Å²) in [4.78, 5) is 13.8. The summed E-state index contributed by atoms with van der Waals surface area (Å²) in [5.74, 6) is 0.172. The van der Waals surface area contributed by atoms with E-state index in [1.165, 1.54) is 23.1 Å². The summed E-state index contributed by atoms with van der Waals surface area (Å²) < 4.78 is 34.8. The van der Waals surface area contributed by atoms with Gasteiger partial charge in [0.05, 0.1) is 12.1 Å². The number of aryl methyl sites for hydroxylation is 1. The monoisotopic (exact) mass is 335 g/mol. The highest BCUT2D eigenvalue weighted by Gasteiger charge is 2.18. The zero-order valence-corrected chi connectivity index (χ0v) is 13.5. The number of carbonyl (C=O) groups excluding carboxylic acids is 1. The van der Waals surface area contributed by atoms with Crippen LogP contribution in [0, 0.1) is 6.92 Å². The molecule has 0 aliphatic rings. The second-order valence-electron chi connectivity index (χ2n) is 5.26. The summed E-state index contributed by atoms with van der Waals surface area (Å²) in [5.41, 5.74) is 1.22. The van der Waals surface area contributed by atoms with Gasteiger partial charge in [-0.1, -0.05) is 29.8 Å². The number of halogens is 2. The minimum atomic E-state index is -2.98. The topological polar surface area (TPSA) is 38.8 Å². The predicted octanol–water partition coefficient (Wildman–Crippen LogP) is 3.75. The molecule has 0 aromatic heterocycles. The summed E-state index contributed by atoms with van der Waals surface area (Å²) in [6.45, 7) is -0.386. The van der Waals surface area contributed by atoms with Gasteiger partial charge >= 0.3 is 6.61 Å². The van der Waals surface area contributed by atoms with Crippen molar-refractivity contribution in [2.75, 3.05) is 20.2 Å². The predicted molar refractivity (Wildman–Crippen MR) is 86.7 cm³/mol. The number of para-hydroxylation sites is 1. The van der Waals surface area contributed by atoms with Gasteiger partial charge in [0.25, 0.3) is 5.91 Å². The molecule has 0 unspecified atom stereocenters. The van der Waals surface area contributed by atoms with Gasteiger partial charge in [-0.25, -0.2) is 0 Å². The molecule has 0 aliphatic carbocycles. The van der Waals surface area contributed by atoms with Crippen molar-refractivity contribution in [2.45, 2.75) is 13.5 Å². The lowest BCUT2D eigenvalue weighted by molar-refractivity contribution is -0.0502. The van der Waals surface area contributed by atoms with Crippen molar-refractivity contribution in [1.82, 2.24) is 4.90 Å². The molecule has 0 heterocycles. The maximum absolute atomic E-state index is 12.4. The number of nitrogens with zero attached hydrogens (tertiary/aromatic N) is 1.